The van der Waals surface area contributed by atoms with Gasteiger partial charge >= 0.3 is 5.69 Å². The highest BCUT2D eigenvalue weighted by Crippen LogP contribution is 2.26. The van der Waals surface area contributed by atoms with E-state index >= 15 is 0 Å². The minimum atomic E-state index is -0.843. The molecule has 0 saturated heterocycles. The lowest BCUT2D eigenvalue weighted by molar-refractivity contribution is -0.386. The van der Waals surface area contributed by atoms with Crippen molar-refractivity contribution in [3.8, 4) is 0 Å². The van der Waals surface area contributed by atoms with E-state index in [0.29, 0.717) is 13.2 Å². The zero-order chi connectivity index (χ0) is 12.8. The Hall–Kier alpha value is -1.69. The van der Waals surface area contributed by atoms with Gasteiger partial charge in [-0.1, -0.05) is 6.07 Å². The van der Waals surface area contributed by atoms with Crippen LogP contribution in [0.2, 0.25) is 0 Å². The third-order valence-corrected chi connectivity index (χ3v) is 2.04. The molecule has 1 aromatic carbocycles. The molecule has 0 saturated carbocycles. The second-order valence-electron chi connectivity index (χ2n) is 3.74. The van der Waals surface area contributed by atoms with Crippen LogP contribution in [0.1, 0.15) is 13.8 Å². The lowest BCUT2D eigenvalue weighted by atomic mass is 10.2. The topological polar surface area (TPSA) is 64.4 Å². The first-order chi connectivity index (χ1) is 8.02. The van der Waals surface area contributed by atoms with Gasteiger partial charge in [0.25, 0.3) is 0 Å². The zero-order valence-corrected chi connectivity index (χ0v) is 9.77. The Morgan fingerprint density at radius 2 is 2.24 bits per heavy atom. The van der Waals surface area contributed by atoms with Crippen molar-refractivity contribution in [2.75, 3.05) is 18.5 Å². The highest BCUT2D eigenvalue weighted by molar-refractivity contribution is 5.61. The second kappa shape index (κ2) is 6.15. The number of anilines is 1. The van der Waals surface area contributed by atoms with Crippen LogP contribution in [0.4, 0.5) is 15.8 Å². The van der Waals surface area contributed by atoms with Crippen molar-refractivity contribution >= 4 is 11.4 Å². The van der Waals surface area contributed by atoms with Crippen molar-refractivity contribution in [1.29, 1.82) is 0 Å². The van der Waals surface area contributed by atoms with Crippen LogP contribution in [0.25, 0.3) is 0 Å². The van der Waals surface area contributed by atoms with E-state index in [0.717, 1.165) is 6.07 Å². The highest BCUT2D eigenvalue weighted by Gasteiger charge is 2.19. The molecule has 0 aliphatic carbocycles. The van der Waals surface area contributed by atoms with Crippen LogP contribution in [0.15, 0.2) is 18.2 Å². The summed E-state index contributed by atoms with van der Waals surface area (Å²) in [4.78, 5) is 9.94. The van der Waals surface area contributed by atoms with E-state index in [1.807, 2.05) is 13.8 Å². The molecule has 0 heterocycles. The molecule has 1 N–H and O–H groups in total. The molecule has 0 amide bonds. The first-order valence-electron chi connectivity index (χ1n) is 5.30. The molecule has 0 aromatic heterocycles. The number of rotatable bonds is 6. The quantitative estimate of drug-likeness (QED) is 0.473. The molecule has 1 aromatic rings. The Balaban J connectivity index is 2.64. The first-order valence-corrected chi connectivity index (χ1v) is 5.30. The van der Waals surface area contributed by atoms with Gasteiger partial charge < -0.3 is 10.1 Å². The van der Waals surface area contributed by atoms with Gasteiger partial charge in [-0.25, -0.2) is 0 Å². The monoisotopic (exact) mass is 242 g/mol. The Bertz CT molecular complexity index is 396. The normalized spacial score (nSPS) is 10.6. The van der Waals surface area contributed by atoms with Crippen LogP contribution in [-0.4, -0.2) is 24.2 Å². The summed E-state index contributed by atoms with van der Waals surface area (Å²) in [6.45, 7) is 4.59. The fourth-order valence-corrected chi connectivity index (χ4v) is 1.32. The van der Waals surface area contributed by atoms with E-state index in [-0.39, 0.29) is 11.8 Å². The molecular formula is C11H15FN2O3. The standard InChI is InChI=1S/C11H15FN2O3/c1-8(2)17-7-6-13-10-5-3-4-9(12)11(10)14(15)16/h3-5,8,13H,6-7H2,1-2H3. The van der Waals surface area contributed by atoms with Gasteiger partial charge in [-0.05, 0) is 26.0 Å². The van der Waals surface area contributed by atoms with Gasteiger partial charge in [-0.15, -0.1) is 0 Å². The predicted molar refractivity (Wildman–Crippen MR) is 62.6 cm³/mol. The molecule has 94 valence electrons. The minimum absolute atomic E-state index is 0.0966. The summed E-state index contributed by atoms with van der Waals surface area (Å²) in [6, 6.07) is 3.96. The number of nitro groups is 1. The number of nitrogens with zero attached hydrogens (tertiary/aromatic N) is 1. The third kappa shape index (κ3) is 3.99. The summed E-state index contributed by atoms with van der Waals surface area (Å²) in [7, 11) is 0. The molecule has 0 unspecified atom stereocenters. The Morgan fingerprint density at radius 3 is 2.82 bits per heavy atom. The van der Waals surface area contributed by atoms with E-state index in [4.69, 9.17) is 4.74 Å². The predicted octanol–water partition coefficient (Wildman–Crippen LogP) is 2.57. The molecule has 0 spiro atoms. The van der Waals surface area contributed by atoms with E-state index in [9.17, 15) is 14.5 Å². The minimum Gasteiger partial charge on any atom is -0.377 e. The molecule has 0 aliphatic heterocycles. The van der Waals surface area contributed by atoms with Crippen molar-refractivity contribution in [3.05, 3.63) is 34.1 Å². The number of benzene rings is 1. The number of hydrogen-bond donors (Lipinski definition) is 1. The molecular weight excluding hydrogens is 227 g/mol. The lowest BCUT2D eigenvalue weighted by Crippen LogP contribution is -2.14. The maximum absolute atomic E-state index is 13.2. The van der Waals surface area contributed by atoms with Crippen LogP contribution in [0.5, 0.6) is 0 Å². The van der Waals surface area contributed by atoms with E-state index in [2.05, 4.69) is 5.32 Å². The molecule has 0 atom stereocenters. The maximum Gasteiger partial charge on any atom is 0.327 e. The first kappa shape index (κ1) is 13.4. The zero-order valence-electron chi connectivity index (χ0n) is 9.77. The molecule has 0 radical (unpaired) electrons. The Morgan fingerprint density at radius 1 is 1.53 bits per heavy atom. The molecule has 1 rings (SSSR count). The molecule has 0 bridgehead atoms. The average molecular weight is 242 g/mol. The number of nitro benzene ring substituents is 1. The summed E-state index contributed by atoms with van der Waals surface area (Å²) in [5.74, 6) is -0.843. The van der Waals surface area contributed by atoms with E-state index in [1.165, 1.54) is 12.1 Å². The van der Waals surface area contributed by atoms with Crippen LogP contribution in [-0.2, 0) is 4.74 Å². The lowest BCUT2D eigenvalue weighted by Gasteiger charge is -2.09. The molecule has 0 aliphatic rings. The van der Waals surface area contributed by atoms with Gasteiger partial charge in [0.2, 0.25) is 5.82 Å². The van der Waals surface area contributed by atoms with Crippen LogP contribution in [0, 0.1) is 15.9 Å². The largest absolute Gasteiger partial charge is 0.377 e. The average Bonchev–Trinajstić information content (AvgIpc) is 2.23. The summed E-state index contributed by atoms with van der Waals surface area (Å²) in [5, 5.41) is 13.5. The number of nitrogens with one attached hydrogen (secondary N) is 1. The van der Waals surface area contributed by atoms with Crippen molar-refractivity contribution < 1.29 is 14.1 Å². The summed E-state index contributed by atoms with van der Waals surface area (Å²) in [6.07, 6.45) is 0.0966. The summed E-state index contributed by atoms with van der Waals surface area (Å²) < 4.78 is 18.5. The van der Waals surface area contributed by atoms with Crippen molar-refractivity contribution in [3.63, 3.8) is 0 Å². The van der Waals surface area contributed by atoms with Crippen molar-refractivity contribution in [1.82, 2.24) is 0 Å². The Labute approximate surface area is 98.7 Å². The third-order valence-electron chi connectivity index (χ3n) is 2.04. The van der Waals surface area contributed by atoms with Gasteiger partial charge in [0.05, 0.1) is 17.6 Å². The van der Waals surface area contributed by atoms with Crippen LogP contribution >= 0.6 is 0 Å². The number of ether oxygens (including phenoxy) is 1. The van der Waals surface area contributed by atoms with Crippen molar-refractivity contribution in [2.45, 2.75) is 20.0 Å². The fourth-order valence-electron chi connectivity index (χ4n) is 1.32. The molecule has 6 heteroatoms. The maximum atomic E-state index is 13.2. The molecule has 0 fully saturated rings. The highest BCUT2D eigenvalue weighted by atomic mass is 19.1. The summed E-state index contributed by atoms with van der Waals surface area (Å²) in [5.41, 5.74) is -0.362. The summed E-state index contributed by atoms with van der Waals surface area (Å²) >= 11 is 0. The fraction of sp³-hybridized carbons (Fsp3) is 0.455. The van der Waals surface area contributed by atoms with Crippen LogP contribution < -0.4 is 5.32 Å². The van der Waals surface area contributed by atoms with E-state index < -0.39 is 16.4 Å². The van der Waals surface area contributed by atoms with Gasteiger partial charge in [0.1, 0.15) is 5.69 Å². The molecule has 17 heavy (non-hydrogen) atoms. The Kier molecular flexibility index (Phi) is 4.84. The number of halogens is 1. The van der Waals surface area contributed by atoms with E-state index in [1.54, 1.807) is 0 Å². The van der Waals surface area contributed by atoms with Gasteiger partial charge in [0, 0.05) is 6.54 Å². The number of para-hydroxylation sites is 1. The van der Waals surface area contributed by atoms with Crippen LogP contribution in [0.3, 0.4) is 0 Å². The van der Waals surface area contributed by atoms with Gasteiger partial charge in [0.15, 0.2) is 0 Å². The molecule has 5 nitrogen and oxygen atoms in total. The SMILES string of the molecule is CC(C)OCCNc1cccc(F)c1[N+](=O)[O-]. The number of hydrogen-bond acceptors (Lipinski definition) is 4. The van der Waals surface area contributed by atoms with Gasteiger partial charge in [-0.3, -0.25) is 10.1 Å². The smallest absolute Gasteiger partial charge is 0.327 e. The van der Waals surface area contributed by atoms with Gasteiger partial charge in [-0.2, -0.15) is 4.39 Å². The van der Waals surface area contributed by atoms with Crippen molar-refractivity contribution in [2.24, 2.45) is 0 Å². The second-order valence-corrected chi connectivity index (χ2v) is 3.74.